The molecular formula is C13H22N2O2. The van der Waals surface area contributed by atoms with Crippen LogP contribution in [0.25, 0.3) is 0 Å². The Morgan fingerprint density at radius 1 is 1.41 bits per heavy atom. The molecule has 0 bridgehead atoms. The molecule has 1 aliphatic heterocycles. The highest BCUT2D eigenvalue weighted by atomic mass is 16.6. The number of nitrogens with zero attached hydrogens (tertiary/aromatic N) is 2. The fourth-order valence-corrected chi connectivity index (χ4v) is 2.12. The minimum Gasteiger partial charge on any atom is -0.444 e. The number of carbonyl (C=O) groups is 1. The number of likely N-dealkylation sites (tertiary alicyclic amines) is 1. The van der Waals surface area contributed by atoms with Gasteiger partial charge in [0.1, 0.15) is 5.60 Å². The maximum atomic E-state index is 12.0. The van der Waals surface area contributed by atoms with Crippen molar-refractivity contribution in [2.24, 2.45) is 11.8 Å². The molecule has 96 valence electrons. The number of hydrogen-bond donors (Lipinski definition) is 0. The fraction of sp³-hybridized carbons (Fsp3) is 0.846. The molecule has 0 aliphatic carbocycles. The summed E-state index contributed by atoms with van der Waals surface area (Å²) in [7, 11) is 0. The standard InChI is InChI=1S/C13H22N2O2/c1-9-10(2)15(7-6-11(9)8-14)12(16)17-13(3,4)5/h9-11H,6-7H2,1-5H3. The molecule has 1 aliphatic rings. The molecule has 0 N–H and O–H groups in total. The average molecular weight is 238 g/mol. The second-order valence-electron chi connectivity index (χ2n) is 5.80. The maximum absolute atomic E-state index is 12.0. The van der Waals surface area contributed by atoms with Gasteiger partial charge in [0.25, 0.3) is 0 Å². The Morgan fingerprint density at radius 2 is 2.00 bits per heavy atom. The van der Waals surface area contributed by atoms with Crippen LogP contribution in [0.1, 0.15) is 41.0 Å². The van der Waals surface area contributed by atoms with Gasteiger partial charge in [-0.05, 0) is 40.0 Å². The first kappa shape index (κ1) is 13.8. The molecule has 3 atom stereocenters. The number of ether oxygens (including phenoxy) is 1. The van der Waals surface area contributed by atoms with Gasteiger partial charge in [-0.2, -0.15) is 5.26 Å². The normalized spacial score (nSPS) is 29.6. The summed E-state index contributed by atoms with van der Waals surface area (Å²) in [4.78, 5) is 13.7. The molecule has 0 radical (unpaired) electrons. The minimum absolute atomic E-state index is 0.0451. The number of amides is 1. The van der Waals surface area contributed by atoms with Crippen LogP contribution in [0.3, 0.4) is 0 Å². The average Bonchev–Trinajstić information content (AvgIpc) is 2.19. The second-order valence-corrected chi connectivity index (χ2v) is 5.80. The third-order valence-electron chi connectivity index (χ3n) is 3.36. The summed E-state index contributed by atoms with van der Waals surface area (Å²) < 4.78 is 5.37. The smallest absolute Gasteiger partial charge is 0.410 e. The number of piperidine rings is 1. The third-order valence-corrected chi connectivity index (χ3v) is 3.36. The monoisotopic (exact) mass is 238 g/mol. The van der Waals surface area contributed by atoms with Crippen LogP contribution in [0, 0.1) is 23.2 Å². The highest BCUT2D eigenvalue weighted by molar-refractivity contribution is 5.68. The SMILES string of the molecule is CC1C(C#N)CCN(C(=O)OC(C)(C)C)C1C. The summed E-state index contributed by atoms with van der Waals surface area (Å²) in [6.07, 6.45) is 0.467. The van der Waals surface area contributed by atoms with Crippen molar-refractivity contribution in [3.8, 4) is 6.07 Å². The second kappa shape index (κ2) is 4.95. The highest BCUT2D eigenvalue weighted by Gasteiger charge is 2.36. The minimum atomic E-state index is -0.466. The molecule has 1 amide bonds. The summed E-state index contributed by atoms with van der Waals surface area (Å²) >= 11 is 0. The molecule has 1 saturated heterocycles. The van der Waals surface area contributed by atoms with Gasteiger partial charge in [-0.15, -0.1) is 0 Å². The lowest BCUT2D eigenvalue weighted by Gasteiger charge is -2.40. The maximum Gasteiger partial charge on any atom is 0.410 e. The first-order valence-electron chi connectivity index (χ1n) is 6.15. The Labute approximate surface area is 104 Å². The first-order valence-corrected chi connectivity index (χ1v) is 6.15. The van der Waals surface area contributed by atoms with Gasteiger partial charge in [-0.25, -0.2) is 4.79 Å². The van der Waals surface area contributed by atoms with Crippen LogP contribution in [-0.2, 0) is 4.74 Å². The molecule has 0 saturated carbocycles. The molecule has 17 heavy (non-hydrogen) atoms. The van der Waals surface area contributed by atoms with E-state index in [0.29, 0.717) is 6.54 Å². The van der Waals surface area contributed by atoms with Crippen LogP contribution >= 0.6 is 0 Å². The van der Waals surface area contributed by atoms with E-state index >= 15 is 0 Å². The van der Waals surface area contributed by atoms with Gasteiger partial charge in [0.15, 0.2) is 0 Å². The zero-order valence-corrected chi connectivity index (χ0v) is 11.4. The lowest BCUT2D eigenvalue weighted by molar-refractivity contribution is -0.000192. The number of hydrogen-bond acceptors (Lipinski definition) is 3. The highest BCUT2D eigenvalue weighted by Crippen LogP contribution is 2.29. The molecule has 1 fully saturated rings. The van der Waals surface area contributed by atoms with Crippen molar-refractivity contribution in [1.82, 2.24) is 4.90 Å². The van der Waals surface area contributed by atoms with Crippen molar-refractivity contribution in [3.05, 3.63) is 0 Å². The van der Waals surface area contributed by atoms with Gasteiger partial charge < -0.3 is 9.64 Å². The largest absolute Gasteiger partial charge is 0.444 e. The van der Waals surface area contributed by atoms with E-state index < -0.39 is 5.60 Å². The molecule has 1 heterocycles. The molecule has 4 heteroatoms. The van der Waals surface area contributed by atoms with E-state index in [1.165, 1.54) is 0 Å². The summed E-state index contributed by atoms with van der Waals surface area (Å²) in [5.41, 5.74) is -0.466. The number of carbonyl (C=O) groups excluding carboxylic acids is 1. The van der Waals surface area contributed by atoms with Crippen molar-refractivity contribution >= 4 is 6.09 Å². The lowest BCUT2D eigenvalue weighted by atomic mass is 9.83. The number of rotatable bonds is 0. The molecule has 0 aromatic rings. The van der Waals surface area contributed by atoms with E-state index in [4.69, 9.17) is 10.00 Å². The quantitative estimate of drug-likeness (QED) is 0.652. The van der Waals surface area contributed by atoms with Crippen LogP contribution in [0.4, 0.5) is 4.79 Å². The van der Waals surface area contributed by atoms with Crippen LogP contribution < -0.4 is 0 Å². The Hall–Kier alpha value is -1.24. The van der Waals surface area contributed by atoms with Gasteiger partial charge in [0, 0.05) is 12.6 Å². The first-order chi connectivity index (χ1) is 7.76. The molecule has 0 spiro atoms. The summed E-state index contributed by atoms with van der Waals surface area (Å²) in [5, 5.41) is 9.01. The van der Waals surface area contributed by atoms with E-state index in [-0.39, 0.29) is 24.0 Å². The van der Waals surface area contributed by atoms with Crippen molar-refractivity contribution in [2.75, 3.05) is 6.54 Å². The van der Waals surface area contributed by atoms with E-state index in [1.54, 1.807) is 4.90 Å². The predicted molar refractivity (Wildman–Crippen MR) is 65.3 cm³/mol. The molecule has 4 nitrogen and oxygen atoms in total. The lowest BCUT2D eigenvalue weighted by Crippen LogP contribution is -2.50. The van der Waals surface area contributed by atoms with Gasteiger partial charge in [0.05, 0.1) is 12.0 Å². The van der Waals surface area contributed by atoms with E-state index in [0.717, 1.165) is 6.42 Å². The molecule has 1 rings (SSSR count). The van der Waals surface area contributed by atoms with E-state index in [2.05, 4.69) is 6.07 Å². The Balaban J connectivity index is 2.68. The molecule has 0 aromatic carbocycles. The summed E-state index contributed by atoms with van der Waals surface area (Å²) in [6.45, 7) is 10.2. The molecular weight excluding hydrogens is 216 g/mol. The summed E-state index contributed by atoms with van der Waals surface area (Å²) in [5.74, 6) is 0.241. The zero-order valence-electron chi connectivity index (χ0n) is 11.4. The van der Waals surface area contributed by atoms with Gasteiger partial charge in [-0.1, -0.05) is 6.92 Å². The van der Waals surface area contributed by atoms with E-state index in [9.17, 15) is 4.79 Å². The Morgan fingerprint density at radius 3 is 2.47 bits per heavy atom. The van der Waals surface area contributed by atoms with Crippen molar-refractivity contribution in [1.29, 1.82) is 5.26 Å². The fourth-order valence-electron chi connectivity index (χ4n) is 2.12. The predicted octanol–water partition coefficient (Wildman–Crippen LogP) is 2.79. The van der Waals surface area contributed by atoms with Crippen LogP contribution in [0.5, 0.6) is 0 Å². The Bertz CT molecular complexity index is 327. The zero-order chi connectivity index (χ0) is 13.2. The van der Waals surface area contributed by atoms with Gasteiger partial charge in [-0.3, -0.25) is 0 Å². The summed E-state index contributed by atoms with van der Waals surface area (Å²) in [6, 6.07) is 2.37. The van der Waals surface area contributed by atoms with Crippen LogP contribution in [-0.4, -0.2) is 29.2 Å². The van der Waals surface area contributed by atoms with E-state index in [1.807, 2.05) is 34.6 Å². The van der Waals surface area contributed by atoms with Crippen molar-refractivity contribution in [2.45, 2.75) is 52.7 Å². The van der Waals surface area contributed by atoms with Crippen molar-refractivity contribution < 1.29 is 9.53 Å². The van der Waals surface area contributed by atoms with Gasteiger partial charge in [0.2, 0.25) is 0 Å². The van der Waals surface area contributed by atoms with Crippen LogP contribution in [0.15, 0.2) is 0 Å². The topological polar surface area (TPSA) is 53.3 Å². The Kier molecular flexibility index (Phi) is 4.03. The molecule has 0 aromatic heterocycles. The third kappa shape index (κ3) is 3.36. The van der Waals surface area contributed by atoms with Crippen LogP contribution in [0.2, 0.25) is 0 Å². The van der Waals surface area contributed by atoms with Gasteiger partial charge >= 0.3 is 6.09 Å². The van der Waals surface area contributed by atoms with Crippen molar-refractivity contribution in [3.63, 3.8) is 0 Å². The number of nitriles is 1. The molecule has 3 unspecified atom stereocenters.